The van der Waals surface area contributed by atoms with Crippen molar-refractivity contribution in [3.63, 3.8) is 0 Å². The molecular weight excluding hydrogens is 406 g/mol. The number of hydrogen-bond acceptors (Lipinski definition) is 5. The Morgan fingerprint density at radius 2 is 1.97 bits per heavy atom. The number of hydrogen-bond donors (Lipinski definition) is 1. The van der Waals surface area contributed by atoms with E-state index in [4.69, 9.17) is 9.47 Å². The number of likely N-dealkylation sites (N-methyl/N-ethyl adjacent to an activating group) is 1. The van der Waals surface area contributed by atoms with Crippen LogP contribution in [0.1, 0.15) is 38.3 Å². The number of amides is 1. The van der Waals surface area contributed by atoms with E-state index in [0.29, 0.717) is 19.7 Å². The molecule has 1 amide bonds. The van der Waals surface area contributed by atoms with E-state index in [1.54, 1.807) is 7.11 Å². The van der Waals surface area contributed by atoms with Crippen LogP contribution in [0.2, 0.25) is 0 Å². The van der Waals surface area contributed by atoms with Crippen LogP contribution >= 0.6 is 0 Å². The first kappa shape index (κ1) is 24.3. The Balaban J connectivity index is 1.60. The first-order valence-corrected chi connectivity index (χ1v) is 11.8. The highest BCUT2D eigenvalue weighted by molar-refractivity contribution is 5.82. The lowest BCUT2D eigenvalue weighted by Crippen LogP contribution is -2.56. The third-order valence-corrected chi connectivity index (χ3v) is 6.49. The minimum Gasteiger partial charge on any atom is -0.497 e. The summed E-state index contributed by atoms with van der Waals surface area (Å²) < 4.78 is 11.0. The number of rotatable bonds is 8. The highest BCUT2D eigenvalue weighted by atomic mass is 16.5. The Morgan fingerprint density at radius 3 is 2.56 bits per heavy atom. The lowest BCUT2D eigenvalue weighted by molar-refractivity contribution is -0.142. The molecule has 0 radical (unpaired) electrons. The summed E-state index contributed by atoms with van der Waals surface area (Å²) in [6.07, 6.45) is 1.59. The van der Waals surface area contributed by atoms with E-state index in [2.05, 4.69) is 46.1 Å². The van der Waals surface area contributed by atoms with E-state index < -0.39 is 0 Å². The number of nitrogens with zero attached hydrogens (tertiary/aromatic N) is 4. The number of benzene rings is 1. The maximum Gasteiger partial charge on any atom is 0.251 e. The Morgan fingerprint density at radius 1 is 1.25 bits per heavy atom. The maximum atomic E-state index is 12.6. The van der Waals surface area contributed by atoms with Crippen LogP contribution in [0.25, 0.3) is 0 Å². The van der Waals surface area contributed by atoms with Gasteiger partial charge in [0.15, 0.2) is 5.96 Å². The molecule has 2 atom stereocenters. The molecule has 2 saturated heterocycles. The van der Waals surface area contributed by atoms with Gasteiger partial charge in [-0.2, -0.15) is 0 Å². The predicted molar refractivity (Wildman–Crippen MR) is 127 cm³/mol. The number of nitrogens with one attached hydrogen (secondary N) is 1. The highest BCUT2D eigenvalue weighted by Crippen LogP contribution is 2.24. The Labute approximate surface area is 192 Å². The maximum absolute atomic E-state index is 12.6. The number of methoxy groups -OCH3 is 1. The molecule has 0 saturated carbocycles. The second-order valence-corrected chi connectivity index (χ2v) is 8.26. The zero-order chi connectivity index (χ0) is 22.9. The molecule has 0 aliphatic carbocycles. The van der Waals surface area contributed by atoms with Crippen LogP contribution in [-0.4, -0.2) is 99.2 Å². The molecule has 0 spiro atoms. The zero-order valence-corrected chi connectivity index (χ0v) is 20.0. The molecule has 0 aromatic heterocycles. The highest BCUT2D eigenvalue weighted by Gasteiger charge is 2.31. The van der Waals surface area contributed by atoms with Crippen molar-refractivity contribution in [2.24, 2.45) is 4.99 Å². The van der Waals surface area contributed by atoms with E-state index in [1.807, 2.05) is 24.1 Å². The Kier molecular flexibility index (Phi) is 9.17. The topological polar surface area (TPSA) is 69.6 Å². The van der Waals surface area contributed by atoms with Crippen LogP contribution < -0.4 is 10.1 Å². The van der Waals surface area contributed by atoms with Crippen LogP contribution in [0.15, 0.2) is 29.3 Å². The fourth-order valence-corrected chi connectivity index (χ4v) is 4.61. The van der Waals surface area contributed by atoms with Gasteiger partial charge in [0.25, 0.3) is 5.91 Å². The molecule has 178 valence electrons. The number of piperazine rings is 1. The van der Waals surface area contributed by atoms with Gasteiger partial charge in [0.1, 0.15) is 11.9 Å². The first-order chi connectivity index (χ1) is 15.6. The SMILES string of the molecule is CCN(CC)C(CNC(=NC)N1CCN(C(=O)C2CCCO2)CC1)c1cccc(OC)c1. The molecule has 2 unspecified atom stereocenters. The smallest absolute Gasteiger partial charge is 0.251 e. The quantitative estimate of drug-likeness (QED) is 0.487. The van der Waals surface area contributed by atoms with Gasteiger partial charge in [-0.3, -0.25) is 14.7 Å². The van der Waals surface area contributed by atoms with E-state index in [1.165, 1.54) is 5.56 Å². The Hall–Kier alpha value is -2.32. The summed E-state index contributed by atoms with van der Waals surface area (Å²) in [6.45, 7) is 10.7. The second-order valence-electron chi connectivity index (χ2n) is 8.26. The van der Waals surface area contributed by atoms with Crippen LogP contribution in [0, 0.1) is 0 Å². The summed E-state index contributed by atoms with van der Waals surface area (Å²) >= 11 is 0. The third kappa shape index (κ3) is 5.92. The number of carbonyl (C=O) groups excluding carboxylic acids is 1. The van der Waals surface area contributed by atoms with Gasteiger partial charge in [-0.1, -0.05) is 26.0 Å². The molecule has 32 heavy (non-hydrogen) atoms. The average molecular weight is 446 g/mol. The molecule has 1 N–H and O–H groups in total. The second kappa shape index (κ2) is 12.1. The lowest BCUT2D eigenvalue weighted by atomic mass is 10.0. The monoisotopic (exact) mass is 445 g/mol. The van der Waals surface area contributed by atoms with E-state index in [9.17, 15) is 4.79 Å². The molecule has 1 aromatic carbocycles. The van der Waals surface area contributed by atoms with Crippen LogP contribution in [0.5, 0.6) is 5.75 Å². The number of aliphatic imine (C=N–C) groups is 1. The van der Waals surface area contributed by atoms with Gasteiger partial charge in [-0.05, 0) is 43.6 Å². The van der Waals surface area contributed by atoms with Crippen molar-refractivity contribution >= 4 is 11.9 Å². The fraction of sp³-hybridized carbons (Fsp3) is 0.667. The van der Waals surface area contributed by atoms with Gasteiger partial charge < -0.3 is 24.6 Å². The minimum absolute atomic E-state index is 0.143. The molecule has 0 bridgehead atoms. The van der Waals surface area contributed by atoms with Crippen LogP contribution in [0.3, 0.4) is 0 Å². The molecule has 2 heterocycles. The fourth-order valence-electron chi connectivity index (χ4n) is 4.61. The molecule has 8 heteroatoms. The summed E-state index contributed by atoms with van der Waals surface area (Å²) in [5.74, 6) is 1.90. The van der Waals surface area contributed by atoms with E-state index in [0.717, 1.165) is 57.3 Å². The number of guanidine groups is 1. The summed E-state index contributed by atoms with van der Waals surface area (Å²) in [6, 6.07) is 8.50. The molecule has 2 fully saturated rings. The normalized spacial score (nSPS) is 20.5. The van der Waals surface area contributed by atoms with Gasteiger partial charge in [-0.25, -0.2) is 0 Å². The molecule has 2 aliphatic heterocycles. The van der Waals surface area contributed by atoms with Crippen LogP contribution in [0.4, 0.5) is 0 Å². The number of ether oxygens (including phenoxy) is 2. The third-order valence-electron chi connectivity index (χ3n) is 6.49. The molecule has 2 aliphatic rings. The summed E-state index contributed by atoms with van der Waals surface area (Å²) in [4.78, 5) is 23.8. The standard InChI is InChI=1S/C24H39N5O3/c1-5-27(6-2)21(19-9-7-10-20(17-19)31-4)18-26-24(25-3)29-14-12-28(13-15-29)23(30)22-11-8-16-32-22/h7,9-10,17,21-22H,5-6,8,11-16,18H2,1-4H3,(H,25,26). The van der Waals surface area contributed by atoms with Crippen molar-refractivity contribution in [3.05, 3.63) is 29.8 Å². The number of carbonyl (C=O) groups is 1. The zero-order valence-electron chi connectivity index (χ0n) is 20.0. The van der Waals surface area contributed by atoms with Crippen LogP contribution in [-0.2, 0) is 9.53 Å². The molecule has 3 rings (SSSR count). The van der Waals surface area contributed by atoms with Gasteiger partial charge in [0, 0.05) is 46.4 Å². The summed E-state index contributed by atoms with van der Waals surface area (Å²) in [5.41, 5.74) is 1.22. The summed E-state index contributed by atoms with van der Waals surface area (Å²) in [5, 5.41) is 3.59. The van der Waals surface area contributed by atoms with Gasteiger partial charge >= 0.3 is 0 Å². The van der Waals surface area contributed by atoms with Crippen molar-refractivity contribution in [2.45, 2.75) is 38.8 Å². The predicted octanol–water partition coefficient (Wildman–Crippen LogP) is 1.98. The molecule has 1 aromatic rings. The molecular formula is C24H39N5O3. The van der Waals surface area contributed by atoms with Gasteiger partial charge in [0.05, 0.1) is 13.2 Å². The van der Waals surface area contributed by atoms with Crippen molar-refractivity contribution in [1.82, 2.24) is 20.0 Å². The van der Waals surface area contributed by atoms with Gasteiger partial charge in [0.2, 0.25) is 0 Å². The lowest BCUT2D eigenvalue weighted by Gasteiger charge is -2.38. The average Bonchev–Trinajstić information content (AvgIpc) is 3.39. The van der Waals surface area contributed by atoms with Crippen molar-refractivity contribution in [1.29, 1.82) is 0 Å². The Bertz CT molecular complexity index is 754. The van der Waals surface area contributed by atoms with Crippen molar-refractivity contribution < 1.29 is 14.3 Å². The minimum atomic E-state index is -0.239. The van der Waals surface area contributed by atoms with E-state index >= 15 is 0 Å². The van der Waals surface area contributed by atoms with E-state index in [-0.39, 0.29) is 18.1 Å². The first-order valence-electron chi connectivity index (χ1n) is 11.8. The molecule has 8 nitrogen and oxygen atoms in total. The van der Waals surface area contributed by atoms with Crippen molar-refractivity contribution in [3.8, 4) is 5.75 Å². The largest absolute Gasteiger partial charge is 0.497 e. The summed E-state index contributed by atoms with van der Waals surface area (Å²) in [7, 11) is 3.53. The van der Waals surface area contributed by atoms with Crippen molar-refractivity contribution in [2.75, 3.05) is 66.6 Å². The van der Waals surface area contributed by atoms with Gasteiger partial charge in [-0.15, -0.1) is 0 Å².